The van der Waals surface area contributed by atoms with Gasteiger partial charge in [-0.05, 0) is 69.0 Å². The van der Waals surface area contributed by atoms with Gasteiger partial charge in [-0.2, -0.15) is 13.2 Å². The molecule has 1 heterocycles. The van der Waals surface area contributed by atoms with Gasteiger partial charge in [0.05, 0.1) is 5.52 Å². The first-order valence-corrected chi connectivity index (χ1v) is 11.1. The van der Waals surface area contributed by atoms with Crippen LogP contribution in [0.2, 0.25) is 0 Å². The van der Waals surface area contributed by atoms with Crippen LogP contribution in [0.1, 0.15) is 47.3 Å². The largest absolute Gasteiger partial charge is 0.433 e. The standard InChI is InChI=1S/C25H27F3N4O/c1-15-9-10-21-20(11-15)22(14-23(32-21)25(26,27)28)30-18-7-4-8-19(13-18)31-24(33)16-5-3-6-17(12-16)29-2/h3,5-6,9-12,14,18-19,29H,4,7-8,13H2,1-2H3,(H,30,32)(H,31,33)/t18-,19+/m0/s1. The van der Waals surface area contributed by atoms with Gasteiger partial charge in [0.1, 0.15) is 5.69 Å². The molecule has 0 unspecified atom stereocenters. The number of aromatic nitrogens is 1. The van der Waals surface area contributed by atoms with Crippen LogP contribution in [0.4, 0.5) is 24.5 Å². The van der Waals surface area contributed by atoms with Gasteiger partial charge in [-0.25, -0.2) is 4.98 Å². The Bertz CT molecular complexity index is 1160. The lowest BCUT2D eigenvalue weighted by atomic mass is 9.90. The number of alkyl halides is 3. The van der Waals surface area contributed by atoms with Crippen molar-refractivity contribution in [1.29, 1.82) is 0 Å². The number of carbonyl (C=O) groups excluding carboxylic acids is 1. The molecule has 0 aliphatic heterocycles. The molecule has 2 atom stereocenters. The minimum absolute atomic E-state index is 0.0557. The number of rotatable bonds is 5. The van der Waals surface area contributed by atoms with Crippen LogP contribution in [-0.4, -0.2) is 30.0 Å². The van der Waals surface area contributed by atoms with E-state index in [-0.39, 0.29) is 18.0 Å². The monoisotopic (exact) mass is 456 g/mol. The van der Waals surface area contributed by atoms with Crippen LogP contribution < -0.4 is 16.0 Å². The highest BCUT2D eigenvalue weighted by molar-refractivity contribution is 5.95. The summed E-state index contributed by atoms with van der Waals surface area (Å²) in [6.07, 6.45) is -1.37. The Hall–Kier alpha value is -3.29. The van der Waals surface area contributed by atoms with Gasteiger partial charge in [0.15, 0.2) is 0 Å². The molecule has 1 aromatic heterocycles. The quantitative estimate of drug-likeness (QED) is 0.457. The maximum Gasteiger partial charge on any atom is 0.433 e. The molecule has 2 aromatic carbocycles. The van der Waals surface area contributed by atoms with Gasteiger partial charge in [0.2, 0.25) is 0 Å². The zero-order valence-electron chi connectivity index (χ0n) is 18.6. The lowest BCUT2D eigenvalue weighted by molar-refractivity contribution is -0.140. The van der Waals surface area contributed by atoms with Crippen molar-refractivity contribution < 1.29 is 18.0 Å². The summed E-state index contributed by atoms with van der Waals surface area (Å²) < 4.78 is 40.3. The third-order valence-corrected chi connectivity index (χ3v) is 6.04. The van der Waals surface area contributed by atoms with Gasteiger partial charge >= 0.3 is 6.18 Å². The highest BCUT2D eigenvalue weighted by Gasteiger charge is 2.34. The van der Waals surface area contributed by atoms with E-state index in [0.29, 0.717) is 28.6 Å². The molecule has 0 spiro atoms. The van der Waals surface area contributed by atoms with Crippen molar-refractivity contribution in [2.24, 2.45) is 0 Å². The Kier molecular flexibility index (Phi) is 6.44. The summed E-state index contributed by atoms with van der Waals surface area (Å²) >= 11 is 0. The molecule has 1 aliphatic rings. The molecule has 1 fully saturated rings. The van der Waals surface area contributed by atoms with Crippen molar-refractivity contribution in [2.75, 3.05) is 17.7 Å². The van der Waals surface area contributed by atoms with Crippen molar-refractivity contribution in [3.05, 3.63) is 65.4 Å². The van der Waals surface area contributed by atoms with Crippen LogP contribution in [-0.2, 0) is 6.18 Å². The molecule has 1 amide bonds. The maximum absolute atomic E-state index is 13.4. The number of nitrogens with one attached hydrogen (secondary N) is 3. The zero-order chi connectivity index (χ0) is 23.6. The molecule has 3 N–H and O–H groups in total. The number of aryl methyl sites for hydroxylation is 1. The van der Waals surface area contributed by atoms with Crippen molar-refractivity contribution in [1.82, 2.24) is 10.3 Å². The van der Waals surface area contributed by atoms with Crippen LogP contribution in [0, 0.1) is 6.92 Å². The molecule has 8 heteroatoms. The van der Waals surface area contributed by atoms with E-state index < -0.39 is 11.9 Å². The second kappa shape index (κ2) is 9.29. The summed E-state index contributed by atoms with van der Waals surface area (Å²) in [5.41, 5.74) is 2.20. The van der Waals surface area contributed by atoms with Crippen LogP contribution >= 0.6 is 0 Å². The molecule has 1 aliphatic carbocycles. The van der Waals surface area contributed by atoms with Gasteiger partial charge in [-0.3, -0.25) is 4.79 Å². The zero-order valence-corrected chi connectivity index (χ0v) is 18.6. The fourth-order valence-corrected chi connectivity index (χ4v) is 4.36. The van der Waals surface area contributed by atoms with Crippen molar-refractivity contribution in [3.63, 3.8) is 0 Å². The van der Waals surface area contributed by atoms with Crippen molar-refractivity contribution >= 4 is 28.2 Å². The fourth-order valence-electron chi connectivity index (χ4n) is 4.36. The van der Waals surface area contributed by atoms with Gasteiger partial charge in [0.25, 0.3) is 5.91 Å². The number of benzene rings is 2. The first-order valence-electron chi connectivity index (χ1n) is 11.1. The maximum atomic E-state index is 13.4. The third-order valence-electron chi connectivity index (χ3n) is 6.04. The molecule has 0 radical (unpaired) electrons. The molecule has 4 rings (SSSR count). The SMILES string of the molecule is CNc1cccc(C(=O)N[C@@H]2CCC[C@H](Nc3cc(C(F)(F)F)nc4ccc(C)cc34)C2)c1. The van der Waals surface area contributed by atoms with Gasteiger partial charge < -0.3 is 16.0 Å². The Balaban J connectivity index is 1.52. The van der Waals surface area contributed by atoms with Gasteiger partial charge in [-0.1, -0.05) is 17.7 Å². The van der Waals surface area contributed by atoms with E-state index in [4.69, 9.17) is 0 Å². The Labute approximate surface area is 190 Å². The lowest BCUT2D eigenvalue weighted by Gasteiger charge is -2.31. The van der Waals surface area contributed by atoms with E-state index in [1.165, 1.54) is 0 Å². The van der Waals surface area contributed by atoms with E-state index in [9.17, 15) is 18.0 Å². The fraction of sp³-hybridized carbons (Fsp3) is 0.360. The summed E-state index contributed by atoms with van der Waals surface area (Å²) in [4.78, 5) is 16.5. The van der Waals surface area contributed by atoms with E-state index in [1.54, 1.807) is 31.3 Å². The Morgan fingerprint density at radius 3 is 2.61 bits per heavy atom. The minimum Gasteiger partial charge on any atom is -0.388 e. The number of amides is 1. The first-order chi connectivity index (χ1) is 15.7. The van der Waals surface area contributed by atoms with Crippen LogP contribution in [0.25, 0.3) is 10.9 Å². The summed E-state index contributed by atoms with van der Waals surface area (Å²) in [6, 6.07) is 13.5. The normalized spacial score (nSPS) is 18.7. The second-order valence-electron chi connectivity index (χ2n) is 8.58. The van der Waals surface area contributed by atoms with Crippen LogP contribution in [0.15, 0.2) is 48.5 Å². The summed E-state index contributed by atoms with van der Waals surface area (Å²) in [5, 5.41) is 10.1. The predicted octanol–water partition coefficient (Wildman–Crippen LogP) is 5.76. The summed E-state index contributed by atoms with van der Waals surface area (Å²) in [5.74, 6) is -0.151. The molecule has 3 aromatic rings. The van der Waals surface area contributed by atoms with E-state index in [2.05, 4.69) is 20.9 Å². The van der Waals surface area contributed by atoms with E-state index in [1.807, 2.05) is 25.1 Å². The average molecular weight is 457 g/mol. The predicted molar refractivity (Wildman–Crippen MR) is 125 cm³/mol. The molecular formula is C25H27F3N4O. The molecule has 174 valence electrons. The van der Waals surface area contributed by atoms with Crippen LogP contribution in [0.5, 0.6) is 0 Å². The van der Waals surface area contributed by atoms with E-state index >= 15 is 0 Å². The van der Waals surface area contributed by atoms with Gasteiger partial charge in [-0.15, -0.1) is 0 Å². The molecule has 0 bridgehead atoms. The smallest absolute Gasteiger partial charge is 0.388 e. The highest BCUT2D eigenvalue weighted by Crippen LogP contribution is 2.34. The minimum atomic E-state index is -4.53. The number of hydrogen-bond acceptors (Lipinski definition) is 4. The second-order valence-corrected chi connectivity index (χ2v) is 8.58. The molecular weight excluding hydrogens is 429 g/mol. The Morgan fingerprint density at radius 2 is 1.85 bits per heavy atom. The van der Waals surface area contributed by atoms with E-state index in [0.717, 1.165) is 36.6 Å². The van der Waals surface area contributed by atoms with Crippen molar-refractivity contribution in [3.8, 4) is 0 Å². The average Bonchev–Trinajstić information content (AvgIpc) is 2.79. The number of anilines is 2. The summed E-state index contributed by atoms with van der Waals surface area (Å²) in [7, 11) is 1.79. The number of carbonyl (C=O) groups is 1. The number of halogens is 3. The number of nitrogens with zero attached hydrogens (tertiary/aromatic N) is 1. The molecule has 0 saturated heterocycles. The van der Waals surface area contributed by atoms with Gasteiger partial charge in [0, 0.05) is 41.5 Å². The number of fused-ring (bicyclic) bond motifs is 1. The highest BCUT2D eigenvalue weighted by atomic mass is 19.4. The molecule has 1 saturated carbocycles. The third kappa shape index (κ3) is 5.38. The Morgan fingerprint density at radius 1 is 1.06 bits per heavy atom. The number of hydrogen-bond donors (Lipinski definition) is 3. The lowest BCUT2D eigenvalue weighted by Crippen LogP contribution is -2.41. The topological polar surface area (TPSA) is 66.1 Å². The first kappa shape index (κ1) is 22.9. The number of pyridine rings is 1. The molecule has 33 heavy (non-hydrogen) atoms. The van der Waals surface area contributed by atoms with Crippen molar-refractivity contribution in [2.45, 2.75) is 50.9 Å². The van der Waals surface area contributed by atoms with Crippen LogP contribution in [0.3, 0.4) is 0 Å². The molecule has 5 nitrogen and oxygen atoms in total. The summed E-state index contributed by atoms with van der Waals surface area (Å²) in [6.45, 7) is 1.90.